The molecule has 1 aromatic heterocycles. The fourth-order valence-electron chi connectivity index (χ4n) is 2.73. The number of benzene rings is 1. The summed E-state index contributed by atoms with van der Waals surface area (Å²) in [5.41, 5.74) is 1.34. The number of nitrogens with zero attached hydrogens (tertiary/aromatic N) is 1. The standard InChI is InChI=1S/C17H13ClN2O3/c1-10(21)14-15(11-4-6-12(18)7-5-11)20(17(23)16(14)22)13-3-2-8-19-9-13/h2-9,15,22H,1H3/p+1. The van der Waals surface area contributed by atoms with E-state index < -0.39 is 17.7 Å². The van der Waals surface area contributed by atoms with Gasteiger partial charge in [-0.15, -0.1) is 0 Å². The number of carbonyl (C=O) groups excluding carboxylic acids is 2. The van der Waals surface area contributed by atoms with Gasteiger partial charge in [0.1, 0.15) is 5.69 Å². The van der Waals surface area contributed by atoms with Gasteiger partial charge >= 0.3 is 0 Å². The first kappa shape index (κ1) is 15.2. The smallest absolute Gasteiger partial charge is 0.294 e. The van der Waals surface area contributed by atoms with Gasteiger partial charge in [-0.25, -0.2) is 4.98 Å². The van der Waals surface area contributed by atoms with Gasteiger partial charge in [0.2, 0.25) is 0 Å². The maximum Gasteiger partial charge on any atom is 0.294 e. The summed E-state index contributed by atoms with van der Waals surface area (Å²) in [5, 5.41) is 10.7. The molecule has 1 atom stereocenters. The summed E-state index contributed by atoms with van der Waals surface area (Å²) >= 11 is 5.91. The molecule has 0 radical (unpaired) electrons. The molecule has 1 aromatic carbocycles. The number of aliphatic hydroxyl groups excluding tert-OH is 1. The van der Waals surface area contributed by atoms with E-state index in [2.05, 4.69) is 4.98 Å². The van der Waals surface area contributed by atoms with Gasteiger partial charge in [-0.3, -0.25) is 14.5 Å². The number of aliphatic hydroxyl groups is 1. The van der Waals surface area contributed by atoms with E-state index in [1.807, 2.05) is 0 Å². The Morgan fingerprint density at radius 2 is 1.96 bits per heavy atom. The third kappa shape index (κ3) is 2.59. The van der Waals surface area contributed by atoms with E-state index in [0.29, 0.717) is 16.3 Å². The zero-order chi connectivity index (χ0) is 16.6. The number of hydrogen-bond donors (Lipinski definition) is 1. The van der Waals surface area contributed by atoms with Crippen molar-refractivity contribution < 1.29 is 19.7 Å². The van der Waals surface area contributed by atoms with Crippen molar-refractivity contribution in [3.05, 3.63) is 70.7 Å². The van der Waals surface area contributed by atoms with Crippen LogP contribution in [0.3, 0.4) is 0 Å². The van der Waals surface area contributed by atoms with Gasteiger partial charge in [0.05, 0.1) is 11.6 Å². The minimum absolute atomic E-state index is 0.0844. The van der Waals surface area contributed by atoms with Crippen molar-refractivity contribution in [3.63, 3.8) is 0 Å². The summed E-state index contributed by atoms with van der Waals surface area (Å²) in [5.74, 6) is -1.46. The highest BCUT2D eigenvalue weighted by Gasteiger charge is 2.43. The van der Waals surface area contributed by atoms with Crippen molar-refractivity contribution in [2.45, 2.75) is 13.0 Å². The van der Waals surface area contributed by atoms with Crippen LogP contribution in [0.4, 0.5) is 5.69 Å². The Morgan fingerprint density at radius 1 is 1.26 bits per heavy atom. The number of aromatic nitrogens is 1. The van der Waals surface area contributed by atoms with Crippen LogP contribution in [0.5, 0.6) is 0 Å². The first-order chi connectivity index (χ1) is 11.0. The van der Waals surface area contributed by atoms with E-state index in [1.165, 1.54) is 11.8 Å². The highest BCUT2D eigenvalue weighted by Crippen LogP contribution is 2.40. The molecule has 116 valence electrons. The van der Waals surface area contributed by atoms with Gasteiger partial charge in [0.15, 0.2) is 23.9 Å². The second kappa shape index (κ2) is 5.85. The molecular formula is C17H14ClN2O3+. The van der Waals surface area contributed by atoms with E-state index in [0.717, 1.165) is 0 Å². The monoisotopic (exact) mass is 329 g/mol. The molecule has 2 aromatic rings. The fraction of sp³-hybridized carbons (Fsp3) is 0.118. The first-order valence-corrected chi connectivity index (χ1v) is 7.37. The number of amides is 1. The Hall–Kier alpha value is -2.66. The first-order valence-electron chi connectivity index (χ1n) is 7.00. The molecule has 1 aliphatic heterocycles. The predicted octanol–water partition coefficient (Wildman–Crippen LogP) is 2.64. The van der Waals surface area contributed by atoms with E-state index in [4.69, 9.17) is 11.6 Å². The Balaban J connectivity index is 2.17. The molecule has 1 amide bonds. The van der Waals surface area contributed by atoms with Crippen molar-refractivity contribution in [2.24, 2.45) is 0 Å². The molecule has 0 fully saturated rings. The summed E-state index contributed by atoms with van der Waals surface area (Å²) in [4.78, 5) is 28.8. The quantitative estimate of drug-likeness (QED) is 0.941. The molecule has 2 N–H and O–H groups in total. The van der Waals surface area contributed by atoms with Crippen LogP contribution in [0.25, 0.3) is 0 Å². The van der Waals surface area contributed by atoms with Crippen molar-refractivity contribution >= 4 is 29.0 Å². The van der Waals surface area contributed by atoms with Crippen molar-refractivity contribution in [1.29, 1.82) is 0 Å². The molecule has 1 unspecified atom stereocenters. The van der Waals surface area contributed by atoms with Gasteiger partial charge in [-0.05, 0) is 30.7 Å². The predicted molar refractivity (Wildman–Crippen MR) is 85.0 cm³/mol. The van der Waals surface area contributed by atoms with Gasteiger partial charge < -0.3 is 5.11 Å². The normalized spacial score (nSPS) is 17.7. The SMILES string of the molecule is CC(=O)C1=C(O)C(=O)N(c2ccc[nH+]c2)C1c1ccc(Cl)cc1. The summed E-state index contributed by atoms with van der Waals surface area (Å²) in [6, 6.07) is 9.63. The highest BCUT2D eigenvalue weighted by atomic mass is 35.5. The minimum atomic E-state index is -0.687. The number of Topliss-reactive ketones (excluding diaryl/α,β-unsaturated/α-hetero) is 1. The summed E-state index contributed by atoms with van der Waals surface area (Å²) in [7, 11) is 0. The molecule has 0 spiro atoms. The van der Waals surface area contributed by atoms with Crippen LogP contribution in [0, 0.1) is 0 Å². The lowest BCUT2D eigenvalue weighted by Crippen LogP contribution is -2.31. The molecule has 0 bridgehead atoms. The third-order valence-electron chi connectivity index (χ3n) is 3.74. The van der Waals surface area contributed by atoms with E-state index in [1.54, 1.807) is 48.8 Å². The number of hydrogen-bond acceptors (Lipinski definition) is 3. The zero-order valence-corrected chi connectivity index (χ0v) is 13.0. The third-order valence-corrected chi connectivity index (χ3v) is 3.99. The molecular weight excluding hydrogens is 316 g/mol. The van der Waals surface area contributed by atoms with Gasteiger partial charge in [0.25, 0.3) is 5.91 Å². The molecule has 3 rings (SSSR count). The summed E-state index contributed by atoms with van der Waals surface area (Å²) < 4.78 is 0. The number of aromatic amines is 1. The van der Waals surface area contributed by atoms with Crippen molar-refractivity contribution in [3.8, 4) is 0 Å². The number of H-pyrrole nitrogens is 1. The van der Waals surface area contributed by atoms with Crippen LogP contribution >= 0.6 is 11.6 Å². The van der Waals surface area contributed by atoms with Crippen LogP contribution in [0.2, 0.25) is 5.02 Å². The Bertz CT molecular complexity index is 800. The Morgan fingerprint density at radius 3 is 2.52 bits per heavy atom. The maximum atomic E-state index is 12.5. The van der Waals surface area contributed by atoms with Crippen molar-refractivity contribution in [2.75, 3.05) is 4.90 Å². The number of carbonyl (C=O) groups is 2. The van der Waals surface area contributed by atoms with Crippen LogP contribution in [0.15, 0.2) is 60.1 Å². The number of anilines is 1. The largest absolute Gasteiger partial charge is 0.503 e. The zero-order valence-electron chi connectivity index (χ0n) is 12.3. The average Bonchev–Trinajstić information content (AvgIpc) is 2.81. The Kier molecular flexibility index (Phi) is 3.88. The van der Waals surface area contributed by atoms with Crippen LogP contribution in [-0.2, 0) is 9.59 Å². The highest BCUT2D eigenvalue weighted by molar-refractivity contribution is 6.30. The van der Waals surface area contributed by atoms with Crippen LogP contribution in [0.1, 0.15) is 18.5 Å². The van der Waals surface area contributed by atoms with E-state index >= 15 is 0 Å². The number of nitrogens with one attached hydrogen (secondary N) is 1. The molecule has 6 heteroatoms. The minimum Gasteiger partial charge on any atom is -0.503 e. The number of halogens is 1. The topological polar surface area (TPSA) is 71.8 Å². The van der Waals surface area contributed by atoms with Crippen molar-refractivity contribution in [1.82, 2.24) is 0 Å². The molecule has 0 aliphatic carbocycles. The van der Waals surface area contributed by atoms with Gasteiger partial charge in [-0.2, -0.15) is 0 Å². The number of rotatable bonds is 3. The second-order valence-corrected chi connectivity index (χ2v) is 5.65. The maximum absolute atomic E-state index is 12.5. The molecule has 5 nitrogen and oxygen atoms in total. The van der Waals surface area contributed by atoms with E-state index in [-0.39, 0.29) is 11.4 Å². The molecule has 1 aliphatic rings. The lowest BCUT2D eigenvalue weighted by molar-refractivity contribution is -0.377. The molecule has 2 heterocycles. The Labute approximate surface area is 137 Å². The molecule has 23 heavy (non-hydrogen) atoms. The second-order valence-electron chi connectivity index (χ2n) is 5.21. The fourth-order valence-corrected chi connectivity index (χ4v) is 2.85. The lowest BCUT2D eigenvalue weighted by Gasteiger charge is -2.25. The number of pyridine rings is 1. The van der Waals surface area contributed by atoms with E-state index in [9.17, 15) is 14.7 Å². The van der Waals surface area contributed by atoms with Crippen LogP contribution < -0.4 is 9.88 Å². The summed E-state index contributed by atoms with van der Waals surface area (Å²) in [6.45, 7) is 1.34. The van der Waals surface area contributed by atoms with Gasteiger partial charge in [0, 0.05) is 11.1 Å². The lowest BCUT2D eigenvalue weighted by atomic mass is 9.96. The molecule has 0 saturated heterocycles. The average molecular weight is 330 g/mol. The summed E-state index contributed by atoms with van der Waals surface area (Å²) in [6.07, 6.45) is 3.34. The van der Waals surface area contributed by atoms with Gasteiger partial charge in [-0.1, -0.05) is 23.7 Å². The molecule has 0 saturated carbocycles. The number of ketones is 1. The van der Waals surface area contributed by atoms with Crippen LogP contribution in [-0.4, -0.2) is 16.8 Å².